The van der Waals surface area contributed by atoms with Crippen LogP contribution < -0.4 is 10.2 Å². The minimum Gasteiger partial charge on any atom is -0.481 e. The summed E-state index contributed by atoms with van der Waals surface area (Å²) in [6.45, 7) is 2.24. The van der Waals surface area contributed by atoms with E-state index in [0.29, 0.717) is 44.8 Å². The molecular weight excluding hydrogens is 339 g/mol. The monoisotopic (exact) mass is 359 g/mol. The standard InChI is InChI=1S/C16H20F3N3O3/c17-16(18,19)12-3-5-13(6-4-12)21-8-10-22(11-9-21)15(25)20-7-1-2-14(23)24/h3-6H,1-2,7-11H2,(H,20,25)(H,23,24). The second kappa shape index (κ2) is 8.09. The quantitative estimate of drug-likeness (QED) is 0.792. The Labute approximate surface area is 143 Å². The highest BCUT2D eigenvalue weighted by Crippen LogP contribution is 2.30. The van der Waals surface area contributed by atoms with Gasteiger partial charge in [0, 0.05) is 44.8 Å². The highest BCUT2D eigenvalue weighted by Gasteiger charge is 2.30. The second-order valence-corrected chi connectivity index (χ2v) is 5.75. The van der Waals surface area contributed by atoms with Gasteiger partial charge in [-0.2, -0.15) is 13.2 Å². The number of carboxylic acids is 1. The molecule has 1 aliphatic rings. The molecule has 1 fully saturated rings. The van der Waals surface area contributed by atoms with Crippen LogP contribution in [-0.4, -0.2) is 54.7 Å². The number of nitrogens with one attached hydrogen (secondary N) is 1. The van der Waals surface area contributed by atoms with Crippen LogP contribution in [0.25, 0.3) is 0 Å². The van der Waals surface area contributed by atoms with Gasteiger partial charge in [-0.05, 0) is 30.7 Å². The number of aliphatic carboxylic acids is 1. The van der Waals surface area contributed by atoms with Crippen LogP contribution in [0.2, 0.25) is 0 Å². The molecule has 9 heteroatoms. The first kappa shape index (κ1) is 18.9. The zero-order chi connectivity index (χ0) is 18.4. The topological polar surface area (TPSA) is 72.9 Å². The molecular formula is C16H20F3N3O3. The van der Waals surface area contributed by atoms with Crippen LogP contribution in [0.4, 0.5) is 23.7 Å². The summed E-state index contributed by atoms with van der Waals surface area (Å²) in [5, 5.41) is 11.2. The van der Waals surface area contributed by atoms with Crippen molar-refractivity contribution in [3.63, 3.8) is 0 Å². The highest BCUT2D eigenvalue weighted by atomic mass is 19.4. The van der Waals surface area contributed by atoms with Crippen molar-refractivity contribution < 1.29 is 27.9 Å². The molecule has 2 rings (SSSR count). The van der Waals surface area contributed by atoms with Crippen molar-refractivity contribution in [3.8, 4) is 0 Å². The summed E-state index contributed by atoms with van der Waals surface area (Å²) in [6, 6.07) is 4.72. The lowest BCUT2D eigenvalue weighted by Crippen LogP contribution is -2.52. The zero-order valence-electron chi connectivity index (χ0n) is 13.6. The predicted octanol–water partition coefficient (Wildman–Crippen LogP) is 2.40. The molecule has 138 valence electrons. The fourth-order valence-electron chi connectivity index (χ4n) is 2.58. The molecule has 2 N–H and O–H groups in total. The first-order valence-corrected chi connectivity index (χ1v) is 7.94. The molecule has 1 heterocycles. The first-order chi connectivity index (χ1) is 11.8. The number of anilines is 1. The molecule has 1 saturated heterocycles. The van der Waals surface area contributed by atoms with Gasteiger partial charge in [0.1, 0.15) is 0 Å². The van der Waals surface area contributed by atoms with E-state index in [1.54, 1.807) is 4.90 Å². The van der Waals surface area contributed by atoms with Gasteiger partial charge < -0.3 is 20.2 Å². The molecule has 0 radical (unpaired) electrons. The summed E-state index contributed by atoms with van der Waals surface area (Å²) in [6.07, 6.45) is -3.98. The van der Waals surface area contributed by atoms with Crippen molar-refractivity contribution in [1.29, 1.82) is 0 Å². The van der Waals surface area contributed by atoms with Gasteiger partial charge in [-0.3, -0.25) is 4.79 Å². The lowest BCUT2D eigenvalue weighted by molar-refractivity contribution is -0.138. The molecule has 1 aromatic rings. The van der Waals surface area contributed by atoms with Gasteiger partial charge in [0.05, 0.1) is 5.56 Å². The number of alkyl halides is 3. The van der Waals surface area contributed by atoms with E-state index in [-0.39, 0.29) is 12.5 Å². The smallest absolute Gasteiger partial charge is 0.416 e. The van der Waals surface area contributed by atoms with Crippen molar-refractivity contribution >= 4 is 17.7 Å². The number of hydrogen-bond donors (Lipinski definition) is 2. The van der Waals surface area contributed by atoms with Gasteiger partial charge in [0.2, 0.25) is 0 Å². The number of hydrogen-bond acceptors (Lipinski definition) is 3. The van der Waals surface area contributed by atoms with Crippen molar-refractivity contribution in [2.24, 2.45) is 0 Å². The molecule has 25 heavy (non-hydrogen) atoms. The first-order valence-electron chi connectivity index (χ1n) is 7.94. The van der Waals surface area contributed by atoms with Crippen LogP contribution in [0.1, 0.15) is 18.4 Å². The van der Waals surface area contributed by atoms with Crippen LogP contribution in [0.15, 0.2) is 24.3 Å². The number of urea groups is 1. The van der Waals surface area contributed by atoms with Crippen molar-refractivity contribution in [1.82, 2.24) is 10.2 Å². The molecule has 0 aliphatic carbocycles. The fourth-order valence-corrected chi connectivity index (χ4v) is 2.58. The largest absolute Gasteiger partial charge is 0.481 e. The molecule has 0 atom stereocenters. The normalized spacial score (nSPS) is 15.2. The third-order valence-electron chi connectivity index (χ3n) is 3.97. The SMILES string of the molecule is O=C(O)CCCNC(=O)N1CCN(c2ccc(C(F)(F)F)cc2)CC1. The van der Waals surface area contributed by atoms with Crippen molar-refractivity contribution in [2.75, 3.05) is 37.6 Å². The Bertz CT molecular complexity index is 597. The Balaban J connectivity index is 1.79. The Hall–Kier alpha value is -2.45. The number of rotatable bonds is 5. The second-order valence-electron chi connectivity index (χ2n) is 5.75. The third-order valence-corrected chi connectivity index (χ3v) is 3.97. The fraction of sp³-hybridized carbons (Fsp3) is 0.500. The van der Waals surface area contributed by atoms with Crippen LogP contribution in [0, 0.1) is 0 Å². The van der Waals surface area contributed by atoms with E-state index in [1.807, 2.05) is 4.90 Å². The average molecular weight is 359 g/mol. The summed E-state index contributed by atoms with van der Waals surface area (Å²) >= 11 is 0. The maximum absolute atomic E-state index is 12.6. The molecule has 1 aliphatic heterocycles. The van der Waals surface area contributed by atoms with E-state index >= 15 is 0 Å². The molecule has 0 aromatic heterocycles. The number of nitrogens with zero attached hydrogens (tertiary/aromatic N) is 2. The van der Waals surface area contributed by atoms with E-state index in [4.69, 9.17) is 5.11 Å². The summed E-state index contributed by atoms with van der Waals surface area (Å²) < 4.78 is 37.7. The van der Waals surface area contributed by atoms with Crippen LogP contribution >= 0.6 is 0 Å². The summed E-state index contributed by atoms with van der Waals surface area (Å²) in [5.74, 6) is -0.903. The van der Waals surface area contributed by atoms with Gasteiger partial charge in [0.25, 0.3) is 0 Å². The number of piperazine rings is 1. The lowest BCUT2D eigenvalue weighted by atomic mass is 10.1. The van der Waals surface area contributed by atoms with E-state index in [0.717, 1.165) is 12.1 Å². The summed E-state index contributed by atoms with van der Waals surface area (Å²) in [4.78, 5) is 25.9. The lowest BCUT2D eigenvalue weighted by Gasteiger charge is -2.36. The molecule has 0 saturated carbocycles. The highest BCUT2D eigenvalue weighted by molar-refractivity contribution is 5.74. The van der Waals surface area contributed by atoms with Crippen LogP contribution in [-0.2, 0) is 11.0 Å². The third kappa shape index (κ3) is 5.54. The van der Waals surface area contributed by atoms with Crippen molar-refractivity contribution in [3.05, 3.63) is 29.8 Å². The number of carbonyl (C=O) groups is 2. The number of carboxylic acid groups (broad SMARTS) is 1. The Kier molecular flexibility index (Phi) is 6.11. The Morgan fingerprint density at radius 1 is 1.08 bits per heavy atom. The molecule has 0 unspecified atom stereocenters. The van der Waals surface area contributed by atoms with E-state index in [2.05, 4.69) is 5.32 Å². The molecule has 2 amide bonds. The van der Waals surface area contributed by atoms with Crippen LogP contribution in [0.3, 0.4) is 0 Å². The number of halogens is 3. The van der Waals surface area contributed by atoms with Gasteiger partial charge in [-0.15, -0.1) is 0 Å². The minimum absolute atomic E-state index is 0.00196. The van der Waals surface area contributed by atoms with Crippen LogP contribution in [0.5, 0.6) is 0 Å². The maximum Gasteiger partial charge on any atom is 0.416 e. The summed E-state index contributed by atoms with van der Waals surface area (Å²) in [7, 11) is 0. The molecule has 6 nitrogen and oxygen atoms in total. The molecule has 1 aromatic carbocycles. The Morgan fingerprint density at radius 3 is 2.20 bits per heavy atom. The molecule has 0 bridgehead atoms. The number of carbonyl (C=O) groups excluding carboxylic acids is 1. The molecule has 0 spiro atoms. The predicted molar refractivity (Wildman–Crippen MR) is 85.5 cm³/mol. The van der Waals surface area contributed by atoms with E-state index in [1.165, 1.54) is 12.1 Å². The average Bonchev–Trinajstić information content (AvgIpc) is 2.58. The van der Waals surface area contributed by atoms with Gasteiger partial charge in [-0.25, -0.2) is 4.79 Å². The van der Waals surface area contributed by atoms with Gasteiger partial charge in [0.15, 0.2) is 0 Å². The van der Waals surface area contributed by atoms with Gasteiger partial charge >= 0.3 is 18.2 Å². The number of benzene rings is 1. The summed E-state index contributed by atoms with van der Waals surface area (Å²) in [5.41, 5.74) is 0.00476. The Morgan fingerprint density at radius 2 is 1.68 bits per heavy atom. The van der Waals surface area contributed by atoms with Gasteiger partial charge in [-0.1, -0.05) is 0 Å². The number of amides is 2. The minimum atomic E-state index is -4.35. The maximum atomic E-state index is 12.6. The zero-order valence-corrected chi connectivity index (χ0v) is 13.6. The van der Waals surface area contributed by atoms with E-state index in [9.17, 15) is 22.8 Å². The van der Waals surface area contributed by atoms with Crippen molar-refractivity contribution in [2.45, 2.75) is 19.0 Å². The van der Waals surface area contributed by atoms with E-state index < -0.39 is 17.7 Å².